The number of hydrogen-bond acceptors (Lipinski definition) is 4. The minimum atomic E-state index is -0.931. The lowest BCUT2D eigenvalue weighted by molar-refractivity contribution is -0.139. The fourth-order valence-corrected chi connectivity index (χ4v) is 3.76. The third-order valence-corrected chi connectivity index (χ3v) is 5.13. The van der Waals surface area contributed by atoms with Crippen LogP contribution in [0.2, 0.25) is 0 Å². The third kappa shape index (κ3) is 2.42. The molecule has 0 saturated carbocycles. The Bertz CT molecular complexity index is 658. The summed E-state index contributed by atoms with van der Waals surface area (Å²) in [5.41, 5.74) is 0.314. The number of methoxy groups -OCH3 is 1. The molecule has 0 radical (unpaired) electrons. The van der Waals surface area contributed by atoms with E-state index in [0.717, 1.165) is 11.3 Å². The van der Waals surface area contributed by atoms with Gasteiger partial charge in [-0.15, -0.1) is 0 Å². The Morgan fingerprint density at radius 1 is 1.43 bits per heavy atom. The van der Waals surface area contributed by atoms with Crippen LogP contribution in [0.25, 0.3) is 0 Å². The first-order valence-electron chi connectivity index (χ1n) is 7.75. The first-order chi connectivity index (χ1) is 10.8. The highest BCUT2D eigenvalue weighted by Gasteiger charge is 2.59. The number of aliphatic carboxylic acids is 1. The number of carbonyl (C=O) groups excluding carboxylic acids is 1. The molecule has 3 N–H and O–H groups in total. The Morgan fingerprint density at radius 3 is 2.78 bits per heavy atom. The van der Waals surface area contributed by atoms with Crippen molar-refractivity contribution in [2.75, 3.05) is 12.4 Å². The molecule has 1 aromatic carbocycles. The summed E-state index contributed by atoms with van der Waals surface area (Å²) in [4.78, 5) is 24.3. The number of rotatable bonds is 4. The van der Waals surface area contributed by atoms with Gasteiger partial charge in [-0.2, -0.15) is 0 Å². The van der Waals surface area contributed by atoms with Gasteiger partial charge >= 0.3 is 5.97 Å². The van der Waals surface area contributed by atoms with Gasteiger partial charge in [-0.05, 0) is 38.3 Å². The van der Waals surface area contributed by atoms with Gasteiger partial charge in [-0.3, -0.25) is 9.59 Å². The number of ether oxygens (including phenoxy) is 1. The molecule has 3 atom stereocenters. The van der Waals surface area contributed by atoms with Crippen LogP contribution in [0.5, 0.6) is 0 Å². The maximum atomic E-state index is 12.8. The number of carboxylic acid groups (broad SMARTS) is 1. The molecule has 2 aliphatic heterocycles. The Morgan fingerprint density at radius 2 is 2.13 bits per heavy atom. The summed E-state index contributed by atoms with van der Waals surface area (Å²) < 4.78 is 5.50. The van der Waals surface area contributed by atoms with Crippen molar-refractivity contribution in [1.29, 1.82) is 0 Å². The fraction of sp³-hybridized carbons (Fsp3) is 0.529. The van der Waals surface area contributed by atoms with Gasteiger partial charge in [0.2, 0.25) is 5.91 Å². The van der Waals surface area contributed by atoms with Crippen LogP contribution in [0.1, 0.15) is 32.3 Å². The molecule has 1 amide bonds. The molecular formula is C17H22N2O4. The van der Waals surface area contributed by atoms with Crippen LogP contribution >= 0.6 is 0 Å². The van der Waals surface area contributed by atoms with Gasteiger partial charge in [0.25, 0.3) is 0 Å². The van der Waals surface area contributed by atoms with Crippen molar-refractivity contribution in [3.05, 3.63) is 29.8 Å². The molecule has 0 unspecified atom stereocenters. The topological polar surface area (TPSA) is 87.7 Å². The predicted octanol–water partition coefficient (Wildman–Crippen LogP) is 1.51. The third-order valence-electron chi connectivity index (χ3n) is 5.13. The molecule has 124 valence electrons. The van der Waals surface area contributed by atoms with Crippen LogP contribution in [0.4, 0.5) is 5.69 Å². The average molecular weight is 318 g/mol. The lowest BCUT2D eigenvalue weighted by atomic mass is 9.71. The van der Waals surface area contributed by atoms with E-state index < -0.39 is 23.0 Å². The number of carbonyl (C=O) groups is 2. The maximum absolute atomic E-state index is 12.8. The Hall–Kier alpha value is -1.92. The zero-order valence-electron chi connectivity index (χ0n) is 13.6. The summed E-state index contributed by atoms with van der Waals surface area (Å²) in [6.07, 6.45) is 0.782. The Labute approximate surface area is 135 Å². The largest absolute Gasteiger partial charge is 0.480 e. The van der Waals surface area contributed by atoms with Gasteiger partial charge in [0.15, 0.2) is 0 Å². The SMILES string of the molecule is COC(C)(C)C[C@@H]1N[C@@H](C(=O)O)C[C@@]12C(=O)Nc1ccccc12. The number of fused-ring (bicyclic) bond motifs is 2. The number of anilines is 1. The standard InChI is InChI=1S/C17H22N2O4/c1-16(2,23-3)9-13-17(8-12(18-13)14(20)21)10-6-4-5-7-11(10)19-15(17)22/h4-7,12-13,18H,8-9H2,1-3H3,(H,19,22)(H,20,21)/t12-,13+,17+/m1/s1. The minimum absolute atomic E-state index is 0.133. The number of amides is 1. The lowest BCUT2D eigenvalue weighted by Crippen LogP contribution is -2.49. The number of nitrogens with one attached hydrogen (secondary N) is 2. The summed E-state index contributed by atoms with van der Waals surface area (Å²) >= 11 is 0. The normalized spacial score (nSPS) is 29.6. The smallest absolute Gasteiger partial charge is 0.320 e. The summed E-state index contributed by atoms with van der Waals surface area (Å²) in [6.45, 7) is 3.88. The van der Waals surface area contributed by atoms with Crippen molar-refractivity contribution in [2.45, 2.75) is 49.8 Å². The van der Waals surface area contributed by atoms with Crippen molar-refractivity contribution in [1.82, 2.24) is 5.32 Å². The van der Waals surface area contributed by atoms with Crippen LogP contribution in [0, 0.1) is 0 Å². The molecule has 1 spiro atoms. The molecule has 0 aromatic heterocycles. The van der Waals surface area contributed by atoms with E-state index in [1.54, 1.807) is 7.11 Å². The van der Waals surface area contributed by atoms with Crippen molar-refractivity contribution >= 4 is 17.6 Å². The summed E-state index contributed by atoms with van der Waals surface area (Å²) in [6, 6.07) is 6.46. The van der Waals surface area contributed by atoms with E-state index in [-0.39, 0.29) is 18.4 Å². The highest BCUT2D eigenvalue weighted by Crippen LogP contribution is 2.48. The van der Waals surface area contributed by atoms with Crippen molar-refractivity contribution < 1.29 is 19.4 Å². The molecule has 6 heteroatoms. The molecule has 0 bridgehead atoms. The molecule has 6 nitrogen and oxygen atoms in total. The van der Waals surface area contributed by atoms with Gasteiger partial charge in [0.05, 0.1) is 11.0 Å². The predicted molar refractivity (Wildman–Crippen MR) is 85.4 cm³/mol. The highest BCUT2D eigenvalue weighted by molar-refractivity contribution is 6.07. The van der Waals surface area contributed by atoms with E-state index in [4.69, 9.17) is 4.74 Å². The maximum Gasteiger partial charge on any atom is 0.320 e. The highest BCUT2D eigenvalue weighted by atomic mass is 16.5. The second-order valence-corrected chi connectivity index (χ2v) is 6.95. The molecule has 2 heterocycles. The molecule has 23 heavy (non-hydrogen) atoms. The van der Waals surface area contributed by atoms with Gasteiger partial charge in [-0.1, -0.05) is 18.2 Å². The molecule has 1 aromatic rings. The monoisotopic (exact) mass is 318 g/mol. The van der Waals surface area contributed by atoms with Crippen LogP contribution in [-0.4, -0.2) is 41.8 Å². The molecule has 0 aliphatic carbocycles. The number of benzene rings is 1. The van der Waals surface area contributed by atoms with Crippen LogP contribution in [0.15, 0.2) is 24.3 Å². The zero-order valence-corrected chi connectivity index (χ0v) is 13.6. The number of hydrogen-bond donors (Lipinski definition) is 3. The Kier molecular flexibility index (Phi) is 3.69. The zero-order chi connectivity index (χ0) is 16.8. The minimum Gasteiger partial charge on any atom is -0.480 e. The van der Waals surface area contributed by atoms with E-state index >= 15 is 0 Å². The van der Waals surface area contributed by atoms with E-state index in [1.807, 2.05) is 38.1 Å². The first kappa shape index (κ1) is 16.0. The summed E-state index contributed by atoms with van der Waals surface area (Å²) in [7, 11) is 1.62. The van der Waals surface area contributed by atoms with Crippen LogP contribution < -0.4 is 10.6 Å². The molecule has 1 saturated heterocycles. The first-order valence-corrected chi connectivity index (χ1v) is 7.75. The van der Waals surface area contributed by atoms with Gasteiger partial charge in [-0.25, -0.2) is 0 Å². The van der Waals surface area contributed by atoms with E-state index in [2.05, 4.69) is 10.6 Å². The Balaban J connectivity index is 2.06. The second-order valence-electron chi connectivity index (χ2n) is 6.95. The van der Waals surface area contributed by atoms with E-state index in [9.17, 15) is 14.7 Å². The summed E-state index contributed by atoms with van der Waals surface area (Å²) in [5.74, 6) is -1.06. The fourth-order valence-electron chi connectivity index (χ4n) is 3.76. The van der Waals surface area contributed by atoms with Crippen LogP contribution in [-0.2, 0) is 19.7 Å². The number of carboxylic acids is 1. The van der Waals surface area contributed by atoms with Gasteiger partial charge < -0.3 is 20.5 Å². The molecule has 2 aliphatic rings. The molecular weight excluding hydrogens is 296 g/mol. The molecule has 1 fully saturated rings. The van der Waals surface area contributed by atoms with Crippen molar-refractivity contribution in [3.8, 4) is 0 Å². The average Bonchev–Trinajstić information content (AvgIpc) is 3.00. The van der Waals surface area contributed by atoms with E-state index in [1.165, 1.54) is 0 Å². The van der Waals surface area contributed by atoms with Crippen molar-refractivity contribution in [3.63, 3.8) is 0 Å². The summed E-state index contributed by atoms with van der Waals surface area (Å²) in [5, 5.41) is 15.5. The van der Waals surface area contributed by atoms with Crippen molar-refractivity contribution in [2.24, 2.45) is 0 Å². The molecule has 3 rings (SSSR count). The van der Waals surface area contributed by atoms with Gasteiger partial charge in [0, 0.05) is 18.8 Å². The van der Waals surface area contributed by atoms with E-state index in [0.29, 0.717) is 6.42 Å². The van der Waals surface area contributed by atoms with Gasteiger partial charge in [0.1, 0.15) is 6.04 Å². The quantitative estimate of drug-likeness (QED) is 0.783. The second kappa shape index (κ2) is 5.32. The lowest BCUT2D eigenvalue weighted by Gasteiger charge is -2.34. The number of para-hydroxylation sites is 1. The van der Waals surface area contributed by atoms with Crippen LogP contribution in [0.3, 0.4) is 0 Å².